The van der Waals surface area contributed by atoms with E-state index in [1.165, 1.54) is 6.92 Å². The predicted molar refractivity (Wildman–Crippen MR) is 61.5 cm³/mol. The van der Waals surface area contributed by atoms with Crippen LogP contribution in [-0.4, -0.2) is 24.1 Å². The summed E-state index contributed by atoms with van der Waals surface area (Å²) in [6.45, 7) is 1.67. The maximum absolute atomic E-state index is 13.0. The SMILES string of the molecule is CC(=O)OCC(=O)C(C)C(=O)c1cc(F)c(F)c(F)c1. The quantitative estimate of drug-likeness (QED) is 0.360. The smallest absolute Gasteiger partial charge is 0.303 e. The Bertz CT molecular complexity index is 546. The van der Waals surface area contributed by atoms with Crippen LogP contribution < -0.4 is 0 Å². The van der Waals surface area contributed by atoms with Gasteiger partial charge in [-0.1, -0.05) is 0 Å². The molecule has 0 heterocycles. The molecule has 0 bridgehead atoms. The van der Waals surface area contributed by atoms with Crippen molar-refractivity contribution < 1.29 is 32.3 Å². The molecule has 20 heavy (non-hydrogen) atoms. The van der Waals surface area contributed by atoms with Crippen molar-refractivity contribution in [2.24, 2.45) is 5.92 Å². The van der Waals surface area contributed by atoms with Crippen LogP contribution in [0.25, 0.3) is 0 Å². The van der Waals surface area contributed by atoms with Gasteiger partial charge in [-0.15, -0.1) is 0 Å². The van der Waals surface area contributed by atoms with Crippen molar-refractivity contribution in [1.29, 1.82) is 0 Å². The number of hydrogen-bond donors (Lipinski definition) is 0. The normalized spacial score (nSPS) is 11.8. The summed E-state index contributed by atoms with van der Waals surface area (Å²) in [6.07, 6.45) is 0. The van der Waals surface area contributed by atoms with E-state index in [1.807, 2.05) is 0 Å². The maximum atomic E-state index is 13.0. The number of esters is 1. The summed E-state index contributed by atoms with van der Waals surface area (Å²) in [5.74, 6) is -8.31. The summed E-state index contributed by atoms with van der Waals surface area (Å²) in [7, 11) is 0. The molecule has 108 valence electrons. The molecule has 1 rings (SSSR count). The van der Waals surface area contributed by atoms with E-state index in [1.54, 1.807) is 0 Å². The highest BCUT2D eigenvalue weighted by Gasteiger charge is 2.25. The Kier molecular flexibility index (Phi) is 5.01. The summed E-state index contributed by atoms with van der Waals surface area (Å²) in [5.41, 5.74) is -0.468. The largest absolute Gasteiger partial charge is 0.458 e. The first-order chi connectivity index (χ1) is 9.23. The summed E-state index contributed by atoms with van der Waals surface area (Å²) in [6, 6.07) is 1.02. The summed E-state index contributed by atoms with van der Waals surface area (Å²) in [5, 5.41) is 0. The van der Waals surface area contributed by atoms with Gasteiger partial charge in [0.15, 0.2) is 35.6 Å². The van der Waals surface area contributed by atoms with E-state index in [0.29, 0.717) is 12.1 Å². The first-order valence-electron chi connectivity index (χ1n) is 5.59. The minimum Gasteiger partial charge on any atom is -0.458 e. The highest BCUT2D eigenvalue weighted by molar-refractivity contribution is 6.10. The maximum Gasteiger partial charge on any atom is 0.303 e. The second-order valence-corrected chi connectivity index (χ2v) is 4.09. The van der Waals surface area contributed by atoms with E-state index in [-0.39, 0.29) is 0 Å². The lowest BCUT2D eigenvalue weighted by atomic mass is 9.95. The number of rotatable bonds is 5. The molecule has 1 aromatic carbocycles. The fourth-order valence-electron chi connectivity index (χ4n) is 1.39. The van der Waals surface area contributed by atoms with Crippen LogP contribution in [0.5, 0.6) is 0 Å². The third-order valence-electron chi connectivity index (χ3n) is 2.56. The number of Topliss-reactive ketones (excluding diaryl/α,β-unsaturated/α-hetero) is 2. The Hall–Kier alpha value is -2.18. The predicted octanol–water partition coefficient (Wildman–Crippen LogP) is 2.05. The Morgan fingerprint density at radius 1 is 1.15 bits per heavy atom. The molecule has 7 heteroatoms. The van der Waals surface area contributed by atoms with Crippen LogP contribution >= 0.6 is 0 Å². The van der Waals surface area contributed by atoms with E-state index in [0.717, 1.165) is 6.92 Å². The molecule has 0 aromatic heterocycles. The Morgan fingerprint density at radius 3 is 2.10 bits per heavy atom. The van der Waals surface area contributed by atoms with Gasteiger partial charge in [0.2, 0.25) is 0 Å². The molecule has 0 amide bonds. The van der Waals surface area contributed by atoms with E-state index >= 15 is 0 Å². The number of carbonyl (C=O) groups is 3. The van der Waals surface area contributed by atoms with Crippen molar-refractivity contribution in [2.75, 3.05) is 6.61 Å². The molecule has 1 aromatic rings. The summed E-state index contributed by atoms with van der Waals surface area (Å²) >= 11 is 0. The molecule has 1 atom stereocenters. The molecule has 0 aliphatic carbocycles. The monoisotopic (exact) mass is 288 g/mol. The van der Waals surface area contributed by atoms with Crippen molar-refractivity contribution in [3.63, 3.8) is 0 Å². The molecule has 0 saturated heterocycles. The molecular weight excluding hydrogens is 277 g/mol. The standard InChI is InChI=1S/C13H11F3O4/c1-6(11(18)5-20-7(2)17)13(19)8-3-9(14)12(16)10(15)4-8/h3-4,6H,5H2,1-2H3. The zero-order valence-corrected chi connectivity index (χ0v) is 10.7. The first kappa shape index (κ1) is 15.9. The van der Waals surface area contributed by atoms with Crippen molar-refractivity contribution in [3.8, 4) is 0 Å². The van der Waals surface area contributed by atoms with E-state index in [2.05, 4.69) is 4.74 Å². The second-order valence-electron chi connectivity index (χ2n) is 4.09. The zero-order valence-electron chi connectivity index (χ0n) is 10.7. The number of halogens is 3. The number of hydrogen-bond acceptors (Lipinski definition) is 4. The minimum atomic E-state index is -1.69. The molecule has 0 saturated carbocycles. The molecule has 4 nitrogen and oxygen atoms in total. The van der Waals surface area contributed by atoms with Crippen LogP contribution in [0.2, 0.25) is 0 Å². The van der Waals surface area contributed by atoms with Crippen LogP contribution in [0.1, 0.15) is 24.2 Å². The van der Waals surface area contributed by atoms with Crippen LogP contribution in [0.3, 0.4) is 0 Å². The van der Waals surface area contributed by atoms with Crippen LogP contribution in [-0.2, 0) is 14.3 Å². The Balaban J connectivity index is 2.89. The average Bonchev–Trinajstić information content (AvgIpc) is 2.39. The van der Waals surface area contributed by atoms with Gasteiger partial charge >= 0.3 is 5.97 Å². The first-order valence-corrected chi connectivity index (χ1v) is 5.59. The van der Waals surface area contributed by atoms with E-state index < -0.39 is 53.1 Å². The number of ether oxygens (including phenoxy) is 1. The van der Waals surface area contributed by atoms with Gasteiger partial charge < -0.3 is 4.74 Å². The van der Waals surface area contributed by atoms with Gasteiger partial charge in [-0.3, -0.25) is 14.4 Å². The zero-order chi connectivity index (χ0) is 15.4. The summed E-state index contributed by atoms with van der Waals surface area (Å²) in [4.78, 5) is 33.9. The van der Waals surface area contributed by atoms with Gasteiger partial charge in [0.1, 0.15) is 0 Å². The Labute approximate surface area is 112 Å². The molecule has 0 radical (unpaired) electrons. The number of benzene rings is 1. The lowest BCUT2D eigenvalue weighted by Gasteiger charge is -2.10. The number of ketones is 2. The van der Waals surface area contributed by atoms with Crippen molar-refractivity contribution in [2.45, 2.75) is 13.8 Å². The number of carbonyl (C=O) groups excluding carboxylic acids is 3. The van der Waals surface area contributed by atoms with Crippen molar-refractivity contribution in [1.82, 2.24) is 0 Å². The fraction of sp³-hybridized carbons (Fsp3) is 0.308. The van der Waals surface area contributed by atoms with Crippen molar-refractivity contribution in [3.05, 3.63) is 35.1 Å². The highest BCUT2D eigenvalue weighted by atomic mass is 19.2. The molecule has 0 N–H and O–H groups in total. The summed E-state index contributed by atoms with van der Waals surface area (Å²) < 4.78 is 43.2. The molecular formula is C13H11F3O4. The van der Waals surface area contributed by atoms with Crippen LogP contribution in [0.15, 0.2) is 12.1 Å². The van der Waals surface area contributed by atoms with Gasteiger partial charge in [-0.25, -0.2) is 13.2 Å². The topological polar surface area (TPSA) is 60.4 Å². The lowest BCUT2D eigenvalue weighted by Crippen LogP contribution is -2.26. The highest BCUT2D eigenvalue weighted by Crippen LogP contribution is 2.17. The molecule has 0 aliphatic heterocycles. The lowest BCUT2D eigenvalue weighted by molar-refractivity contribution is -0.146. The van der Waals surface area contributed by atoms with Crippen LogP contribution in [0, 0.1) is 23.4 Å². The third kappa shape index (κ3) is 3.66. The van der Waals surface area contributed by atoms with Crippen molar-refractivity contribution >= 4 is 17.5 Å². The average molecular weight is 288 g/mol. The molecule has 0 fully saturated rings. The fourth-order valence-corrected chi connectivity index (χ4v) is 1.39. The second kappa shape index (κ2) is 6.31. The van der Waals surface area contributed by atoms with Gasteiger partial charge in [0, 0.05) is 12.5 Å². The third-order valence-corrected chi connectivity index (χ3v) is 2.56. The van der Waals surface area contributed by atoms with E-state index in [4.69, 9.17) is 0 Å². The van der Waals surface area contributed by atoms with Gasteiger partial charge in [0.25, 0.3) is 0 Å². The van der Waals surface area contributed by atoms with Gasteiger partial charge in [0.05, 0.1) is 5.92 Å². The minimum absolute atomic E-state index is 0.468. The van der Waals surface area contributed by atoms with Gasteiger partial charge in [-0.2, -0.15) is 0 Å². The molecule has 0 aliphatic rings. The molecule has 0 spiro atoms. The van der Waals surface area contributed by atoms with E-state index in [9.17, 15) is 27.6 Å². The van der Waals surface area contributed by atoms with Crippen LogP contribution in [0.4, 0.5) is 13.2 Å². The Morgan fingerprint density at radius 2 is 1.65 bits per heavy atom. The molecule has 1 unspecified atom stereocenters. The van der Waals surface area contributed by atoms with Gasteiger partial charge in [-0.05, 0) is 19.1 Å².